The molecule has 1 rings (SSSR count). The molecule has 0 saturated carbocycles. The van der Waals surface area contributed by atoms with E-state index < -0.39 is 11.9 Å². The van der Waals surface area contributed by atoms with E-state index in [1.54, 1.807) is 0 Å². The summed E-state index contributed by atoms with van der Waals surface area (Å²) in [6.45, 7) is 2.33. The van der Waals surface area contributed by atoms with E-state index in [4.69, 9.17) is 21.1 Å². The minimum absolute atomic E-state index is 0.00575. The van der Waals surface area contributed by atoms with E-state index >= 15 is 0 Å². The summed E-state index contributed by atoms with van der Waals surface area (Å²) in [7, 11) is 1.54. The number of hydrogen-bond acceptors (Lipinski definition) is 3. The third-order valence-corrected chi connectivity index (χ3v) is 2.41. The van der Waals surface area contributed by atoms with E-state index in [1.165, 1.54) is 26.2 Å². The molecule has 1 aromatic rings. The van der Waals surface area contributed by atoms with Gasteiger partial charge in [-0.15, -0.1) is 0 Å². The van der Waals surface area contributed by atoms with Crippen molar-refractivity contribution in [1.29, 1.82) is 0 Å². The molecule has 0 aliphatic rings. The molecule has 1 amide bonds. The van der Waals surface area contributed by atoms with Gasteiger partial charge in [0, 0.05) is 18.7 Å². The van der Waals surface area contributed by atoms with Crippen LogP contribution in [0.5, 0.6) is 5.75 Å². The fourth-order valence-corrected chi connectivity index (χ4v) is 1.39. The first-order valence-electron chi connectivity index (χ1n) is 5.43. The number of methoxy groups -OCH3 is 1. The van der Waals surface area contributed by atoms with Crippen LogP contribution in [-0.2, 0) is 9.53 Å². The number of carbonyl (C=O) groups is 1. The molecule has 1 aromatic carbocycles. The molecule has 0 heterocycles. The highest BCUT2D eigenvalue weighted by Crippen LogP contribution is 2.21. The Morgan fingerprint density at radius 1 is 1.56 bits per heavy atom. The zero-order valence-electron chi connectivity index (χ0n) is 10.2. The van der Waals surface area contributed by atoms with Crippen molar-refractivity contribution in [3.63, 3.8) is 0 Å². The van der Waals surface area contributed by atoms with Crippen LogP contribution in [0.2, 0.25) is 5.02 Å². The van der Waals surface area contributed by atoms with Crippen molar-refractivity contribution in [3.8, 4) is 5.75 Å². The molecule has 0 spiro atoms. The summed E-state index contributed by atoms with van der Waals surface area (Å²) in [6.07, 6.45) is -0.794. The predicted octanol–water partition coefficient (Wildman–Crippen LogP) is 2.01. The quantitative estimate of drug-likeness (QED) is 0.808. The number of rotatable bonds is 6. The summed E-state index contributed by atoms with van der Waals surface area (Å²) in [5, 5.41) is 2.87. The van der Waals surface area contributed by atoms with Crippen LogP contribution < -0.4 is 10.1 Å². The molecule has 0 aliphatic carbocycles. The summed E-state index contributed by atoms with van der Waals surface area (Å²) >= 11 is 5.61. The average Bonchev–Trinajstić information content (AvgIpc) is 2.32. The van der Waals surface area contributed by atoms with Crippen LogP contribution in [0.15, 0.2) is 18.2 Å². The molecule has 1 unspecified atom stereocenters. The second-order valence-corrected chi connectivity index (χ2v) is 4.06. The highest BCUT2D eigenvalue weighted by atomic mass is 35.5. The molecule has 1 atom stereocenters. The van der Waals surface area contributed by atoms with E-state index in [1.807, 2.05) is 0 Å². The Morgan fingerprint density at radius 2 is 2.28 bits per heavy atom. The number of halogens is 2. The maximum atomic E-state index is 13.4. The van der Waals surface area contributed by atoms with E-state index in [2.05, 4.69) is 5.32 Å². The van der Waals surface area contributed by atoms with E-state index in [-0.39, 0.29) is 16.7 Å². The first-order valence-corrected chi connectivity index (χ1v) is 5.80. The standard InChI is InChI=1S/C12H15ClFNO3/c1-8(12(16)15-5-6-17-2)18-11-4-3-9(13)7-10(11)14/h3-4,7-8H,5-6H2,1-2H3,(H,15,16). The van der Waals surface area contributed by atoms with Crippen molar-refractivity contribution in [2.24, 2.45) is 0 Å². The molecule has 4 nitrogen and oxygen atoms in total. The molecule has 18 heavy (non-hydrogen) atoms. The topological polar surface area (TPSA) is 47.6 Å². The summed E-state index contributed by atoms with van der Waals surface area (Å²) < 4.78 is 23.4. The van der Waals surface area contributed by atoms with Gasteiger partial charge in [0.25, 0.3) is 5.91 Å². The fourth-order valence-electron chi connectivity index (χ4n) is 1.23. The Bertz CT molecular complexity index is 414. The van der Waals surface area contributed by atoms with Gasteiger partial charge in [-0.25, -0.2) is 4.39 Å². The molecular weight excluding hydrogens is 261 g/mol. The Kier molecular flexibility index (Phi) is 5.88. The van der Waals surface area contributed by atoms with Crippen molar-refractivity contribution in [2.75, 3.05) is 20.3 Å². The second kappa shape index (κ2) is 7.18. The second-order valence-electron chi connectivity index (χ2n) is 3.62. The van der Waals surface area contributed by atoms with Gasteiger partial charge in [-0.1, -0.05) is 11.6 Å². The molecule has 0 saturated heterocycles. The molecule has 0 bridgehead atoms. The van der Waals surface area contributed by atoms with Crippen LogP contribution in [0, 0.1) is 5.82 Å². The molecular formula is C12H15ClFNO3. The van der Waals surface area contributed by atoms with Gasteiger partial charge in [-0.3, -0.25) is 4.79 Å². The minimum atomic E-state index is -0.794. The number of benzene rings is 1. The average molecular weight is 276 g/mol. The van der Waals surface area contributed by atoms with Crippen molar-refractivity contribution in [2.45, 2.75) is 13.0 Å². The van der Waals surface area contributed by atoms with Crippen molar-refractivity contribution >= 4 is 17.5 Å². The Hall–Kier alpha value is -1.33. The summed E-state index contributed by atoms with van der Waals surface area (Å²) in [4.78, 5) is 11.6. The normalized spacial score (nSPS) is 12.0. The Balaban J connectivity index is 2.53. The third-order valence-electron chi connectivity index (χ3n) is 2.17. The lowest BCUT2D eigenvalue weighted by molar-refractivity contribution is -0.127. The molecule has 6 heteroatoms. The van der Waals surface area contributed by atoms with Gasteiger partial charge in [0.2, 0.25) is 0 Å². The molecule has 0 radical (unpaired) electrons. The van der Waals surface area contributed by atoms with E-state index in [9.17, 15) is 9.18 Å². The predicted molar refractivity (Wildman–Crippen MR) is 66.4 cm³/mol. The highest BCUT2D eigenvalue weighted by Gasteiger charge is 2.16. The summed E-state index contributed by atoms with van der Waals surface area (Å²) in [6, 6.07) is 4.01. The zero-order chi connectivity index (χ0) is 13.5. The van der Waals surface area contributed by atoms with Gasteiger partial charge in [0.1, 0.15) is 0 Å². The van der Waals surface area contributed by atoms with Crippen molar-refractivity contribution in [1.82, 2.24) is 5.32 Å². The number of carbonyl (C=O) groups excluding carboxylic acids is 1. The number of hydrogen-bond donors (Lipinski definition) is 1. The fraction of sp³-hybridized carbons (Fsp3) is 0.417. The van der Waals surface area contributed by atoms with Crippen LogP contribution >= 0.6 is 11.6 Å². The van der Waals surface area contributed by atoms with Gasteiger partial charge in [-0.2, -0.15) is 0 Å². The van der Waals surface area contributed by atoms with Crippen LogP contribution in [0.1, 0.15) is 6.92 Å². The third kappa shape index (κ3) is 4.50. The number of nitrogens with one attached hydrogen (secondary N) is 1. The summed E-state index contributed by atoms with van der Waals surface area (Å²) in [5.74, 6) is -0.936. The molecule has 0 aliphatic heterocycles. The van der Waals surface area contributed by atoms with Crippen LogP contribution in [0.4, 0.5) is 4.39 Å². The van der Waals surface area contributed by atoms with Gasteiger partial charge in [0.05, 0.1) is 6.61 Å². The molecule has 0 aromatic heterocycles. The van der Waals surface area contributed by atoms with Gasteiger partial charge in [0.15, 0.2) is 17.7 Å². The Morgan fingerprint density at radius 3 is 2.89 bits per heavy atom. The lowest BCUT2D eigenvalue weighted by Crippen LogP contribution is -2.38. The maximum absolute atomic E-state index is 13.4. The maximum Gasteiger partial charge on any atom is 0.260 e. The van der Waals surface area contributed by atoms with Crippen molar-refractivity contribution < 1.29 is 18.7 Å². The smallest absolute Gasteiger partial charge is 0.260 e. The molecule has 0 fully saturated rings. The van der Waals surface area contributed by atoms with Gasteiger partial charge in [-0.05, 0) is 25.1 Å². The van der Waals surface area contributed by atoms with Gasteiger partial charge < -0.3 is 14.8 Å². The zero-order valence-corrected chi connectivity index (χ0v) is 11.0. The molecule has 1 N–H and O–H groups in total. The summed E-state index contributed by atoms with van der Waals surface area (Å²) in [5.41, 5.74) is 0. The van der Waals surface area contributed by atoms with Gasteiger partial charge >= 0.3 is 0 Å². The largest absolute Gasteiger partial charge is 0.478 e. The lowest BCUT2D eigenvalue weighted by atomic mass is 10.3. The Labute approximate surface area is 110 Å². The first-order chi connectivity index (χ1) is 8.54. The van der Waals surface area contributed by atoms with Crippen LogP contribution in [0.25, 0.3) is 0 Å². The monoisotopic (exact) mass is 275 g/mol. The van der Waals surface area contributed by atoms with Crippen molar-refractivity contribution in [3.05, 3.63) is 29.0 Å². The van der Waals surface area contributed by atoms with Crippen LogP contribution in [0.3, 0.4) is 0 Å². The number of amides is 1. The molecule has 100 valence electrons. The van der Waals surface area contributed by atoms with Crippen LogP contribution in [-0.4, -0.2) is 32.3 Å². The minimum Gasteiger partial charge on any atom is -0.478 e. The van der Waals surface area contributed by atoms with E-state index in [0.29, 0.717) is 13.2 Å². The number of ether oxygens (including phenoxy) is 2. The SMILES string of the molecule is COCCNC(=O)C(C)Oc1ccc(Cl)cc1F. The van der Waals surface area contributed by atoms with E-state index in [0.717, 1.165) is 6.07 Å². The first kappa shape index (κ1) is 14.7. The lowest BCUT2D eigenvalue weighted by Gasteiger charge is -2.15. The highest BCUT2D eigenvalue weighted by molar-refractivity contribution is 6.30.